The highest BCUT2D eigenvalue weighted by Crippen LogP contribution is 2.23. The molecule has 0 radical (unpaired) electrons. The SMILES string of the molecule is CN(c1ccccc1)c1cccc(CC#N)c1. The van der Waals surface area contributed by atoms with Gasteiger partial charge in [0.15, 0.2) is 0 Å². The minimum absolute atomic E-state index is 0.455. The van der Waals surface area contributed by atoms with Crippen LogP contribution in [0, 0.1) is 11.3 Å². The van der Waals surface area contributed by atoms with Crippen LogP contribution >= 0.6 is 0 Å². The summed E-state index contributed by atoms with van der Waals surface area (Å²) in [4.78, 5) is 2.11. The number of hydrogen-bond donors (Lipinski definition) is 0. The van der Waals surface area contributed by atoms with Gasteiger partial charge in [0.1, 0.15) is 0 Å². The predicted octanol–water partition coefficient (Wildman–Crippen LogP) is 3.52. The molecule has 2 rings (SSSR count). The number of rotatable bonds is 3. The molecule has 0 aromatic heterocycles. The van der Waals surface area contributed by atoms with E-state index in [4.69, 9.17) is 5.26 Å². The fourth-order valence-electron chi connectivity index (χ4n) is 1.77. The highest BCUT2D eigenvalue weighted by Gasteiger charge is 2.03. The monoisotopic (exact) mass is 222 g/mol. The Morgan fingerprint density at radius 2 is 1.71 bits per heavy atom. The third-order valence-corrected chi connectivity index (χ3v) is 2.72. The lowest BCUT2D eigenvalue weighted by molar-refractivity contribution is 1.18. The van der Waals surface area contributed by atoms with Gasteiger partial charge in [0.2, 0.25) is 0 Å². The number of hydrogen-bond acceptors (Lipinski definition) is 2. The topological polar surface area (TPSA) is 27.0 Å². The van der Waals surface area contributed by atoms with E-state index < -0.39 is 0 Å². The van der Waals surface area contributed by atoms with Gasteiger partial charge in [-0.1, -0.05) is 30.3 Å². The molecule has 2 heteroatoms. The first-order valence-corrected chi connectivity index (χ1v) is 5.56. The largest absolute Gasteiger partial charge is 0.345 e. The van der Waals surface area contributed by atoms with Crippen LogP contribution in [-0.4, -0.2) is 7.05 Å². The van der Waals surface area contributed by atoms with E-state index in [1.165, 1.54) is 0 Å². The average molecular weight is 222 g/mol. The highest BCUT2D eigenvalue weighted by molar-refractivity contribution is 5.62. The van der Waals surface area contributed by atoms with Gasteiger partial charge >= 0.3 is 0 Å². The van der Waals surface area contributed by atoms with Crippen LogP contribution in [-0.2, 0) is 6.42 Å². The summed E-state index contributed by atoms with van der Waals surface area (Å²) >= 11 is 0. The lowest BCUT2D eigenvalue weighted by atomic mass is 10.1. The summed E-state index contributed by atoms with van der Waals surface area (Å²) in [5.74, 6) is 0. The van der Waals surface area contributed by atoms with Crippen LogP contribution in [0.15, 0.2) is 54.6 Å². The van der Waals surface area contributed by atoms with Crippen LogP contribution in [0.4, 0.5) is 11.4 Å². The van der Waals surface area contributed by atoms with Gasteiger partial charge in [0.05, 0.1) is 12.5 Å². The van der Waals surface area contributed by atoms with Gasteiger partial charge in [-0.05, 0) is 29.8 Å². The number of benzene rings is 2. The molecule has 2 nitrogen and oxygen atoms in total. The van der Waals surface area contributed by atoms with Crippen LogP contribution in [0.25, 0.3) is 0 Å². The van der Waals surface area contributed by atoms with Crippen molar-refractivity contribution in [2.45, 2.75) is 6.42 Å². The maximum absolute atomic E-state index is 8.70. The van der Waals surface area contributed by atoms with Gasteiger partial charge in [-0.25, -0.2) is 0 Å². The van der Waals surface area contributed by atoms with Crippen LogP contribution < -0.4 is 4.90 Å². The minimum atomic E-state index is 0.455. The Hall–Kier alpha value is -2.27. The Morgan fingerprint density at radius 3 is 2.41 bits per heavy atom. The van der Waals surface area contributed by atoms with Gasteiger partial charge in [0, 0.05) is 18.4 Å². The van der Waals surface area contributed by atoms with Crippen LogP contribution in [0.1, 0.15) is 5.56 Å². The molecule has 0 bridgehead atoms. The number of para-hydroxylation sites is 1. The van der Waals surface area contributed by atoms with Crippen molar-refractivity contribution in [3.8, 4) is 6.07 Å². The molecular weight excluding hydrogens is 208 g/mol. The quantitative estimate of drug-likeness (QED) is 0.794. The second-order valence-electron chi connectivity index (χ2n) is 3.90. The molecule has 0 N–H and O–H groups in total. The Balaban J connectivity index is 2.28. The summed E-state index contributed by atoms with van der Waals surface area (Å²) in [5, 5.41) is 8.70. The molecule has 0 atom stereocenters. The normalized spacial score (nSPS) is 9.65. The molecule has 0 aliphatic rings. The van der Waals surface area contributed by atoms with Crippen molar-refractivity contribution in [3.05, 3.63) is 60.2 Å². The molecule has 0 unspecified atom stereocenters. The Kier molecular flexibility index (Phi) is 3.42. The van der Waals surface area contributed by atoms with Gasteiger partial charge in [-0.15, -0.1) is 0 Å². The van der Waals surface area contributed by atoms with Gasteiger partial charge < -0.3 is 4.90 Å². The fourth-order valence-corrected chi connectivity index (χ4v) is 1.77. The highest BCUT2D eigenvalue weighted by atomic mass is 15.1. The summed E-state index contributed by atoms with van der Waals surface area (Å²) in [6, 6.07) is 20.4. The molecule has 0 aliphatic heterocycles. The van der Waals surface area contributed by atoms with Crippen LogP contribution in [0.5, 0.6) is 0 Å². The van der Waals surface area contributed by atoms with Crippen molar-refractivity contribution in [1.29, 1.82) is 5.26 Å². The number of anilines is 2. The third kappa shape index (κ3) is 2.64. The van der Waals surface area contributed by atoms with Crippen molar-refractivity contribution in [3.63, 3.8) is 0 Å². The second-order valence-corrected chi connectivity index (χ2v) is 3.90. The van der Waals surface area contributed by atoms with E-state index in [-0.39, 0.29) is 0 Å². The van der Waals surface area contributed by atoms with Crippen molar-refractivity contribution in [1.82, 2.24) is 0 Å². The lowest BCUT2D eigenvalue weighted by Gasteiger charge is -2.19. The first kappa shape index (κ1) is 11.2. The summed E-state index contributed by atoms with van der Waals surface area (Å²) in [7, 11) is 2.03. The zero-order valence-corrected chi connectivity index (χ0v) is 9.80. The van der Waals surface area contributed by atoms with E-state index in [1.54, 1.807) is 0 Å². The Morgan fingerprint density at radius 1 is 1.00 bits per heavy atom. The van der Waals surface area contributed by atoms with E-state index in [9.17, 15) is 0 Å². The summed E-state index contributed by atoms with van der Waals surface area (Å²) in [5.41, 5.74) is 3.29. The molecule has 2 aromatic rings. The molecule has 0 heterocycles. The Bertz CT molecular complexity index is 526. The van der Waals surface area contributed by atoms with E-state index >= 15 is 0 Å². The van der Waals surface area contributed by atoms with Crippen LogP contribution in [0.2, 0.25) is 0 Å². The van der Waals surface area contributed by atoms with Crippen molar-refractivity contribution in [2.75, 3.05) is 11.9 Å². The number of nitrogens with zero attached hydrogens (tertiary/aromatic N) is 2. The maximum Gasteiger partial charge on any atom is 0.0669 e. The minimum Gasteiger partial charge on any atom is -0.345 e. The summed E-state index contributed by atoms with van der Waals surface area (Å²) < 4.78 is 0. The Labute approximate surface area is 102 Å². The molecule has 2 aromatic carbocycles. The maximum atomic E-state index is 8.70. The molecule has 0 aliphatic carbocycles. The van der Waals surface area contributed by atoms with Crippen molar-refractivity contribution in [2.24, 2.45) is 0 Å². The zero-order chi connectivity index (χ0) is 12.1. The smallest absolute Gasteiger partial charge is 0.0669 e. The zero-order valence-electron chi connectivity index (χ0n) is 9.80. The molecule has 0 amide bonds. The molecule has 84 valence electrons. The molecule has 17 heavy (non-hydrogen) atoms. The van der Waals surface area contributed by atoms with Crippen LogP contribution in [0.3, 0.4) is 0 Å². The van der Waals surface area contributed by atoms with Gasteiger partial charge in [0.25, 0.3) is 0 Å². The first-order valence-electron chi connectivity index (χ1n) is 5.56. The van der Waals surface area contributed by atoms with Gasteiger partial charge in [-0.2, -0.15) is 5.26 Å². The number of nitriles is 1. The van der Waals surface area contributed by atoms with E-state index in [2.05, 4.69) is 29.2 Å². The second kappa shape index (κ2) is 5.18. The van der Waals surface area contributed by atoms with Crippen molar-refractivity contribution >= 4 is 11.4 Å². The fraction of sp³-hybridized carbons (Fsp3) is 0.133. The van der Waals surface area contributed by atoms with E-state index in [0.29, 0.717) is 6.42 Å². The molecular formula is C15H14N2. The predicted molar refractivity (Wildman–Crippen MR) is 70.3 cm³/mol. The summed E-state index contributed by atoms with van der Waals surface area (Å²) in [6.07, 6.45) is 0.455. The standard InChI is InChI=1S/C15H14N2/c1-17(14-7-3-2-4-8-14)15-9-5-6-13(12-15)10-11-16/h2-9,12H,10H2,1H3. The summed E-state index contributed by atoms with van der Waals surface area (Å²) in [6.45, 7) is 0. The van der Waals surface area contributed by atoms with Crippen molar-refractivity contribution < 1.29 is 0 Å². The van der Waals surface area contributed by atoms with E-state index in [0.717, 1.165) is 16.9 Å². The third-order valence-electron chi connectivity index (χ3n) is 2.72. The molecule has 0 fully saturated rings. The van der Waals surface area contributed by atoms with E-state index in [1.807, 2.05) is 43.4 Å². The van der Waals surface area contributed by atoms with Gasteiger partial charge in [-0.3, -0.25) is 0 Å². The molecule has 0 spiro atoms. The lowest BCUT2D eigenvalue weighted by Crippen LogP contribution is -2.09. The first-order chi connectivity index (χ1) is 8.31. The molecule has 0 saturated heterocycles. The average Bonchev–Trinajstić information content (AvgIpc) is 2.40. The molecule has 0 saturated carbocycles.